The molecule has 2 aliphatic rings. The molecule has 5 rings (SSSR count). The van der Waals surface area contributed by atoms with Crippen molar-refractivity contribution in [1.82, 2.24) is 4.57 Å². The monoisotopic (exact) mass is 335 g/mol. The Morgan fingerprint density at radius 3 is 2.44 bits per heavy atom. The van der Waals surface area contributed by atoms with Crippen LogP contribution in [-0.2, 0) is 7.05 Å². The minimum atomic E-state index is -0.175. The van der Waals surface area contributed by atoms with Gasteiger partial charge in [-0.1, -0.05) is 0 Å². The highest BCUT2D eigenvalue weighted by atomic mass is 16.7. The van der Waals surface area contributed by atoms with E-state index in [0.717, 1.165) is 0 Å². The summed E-state index contributed by atoms with van der Waals surface area (Å²) < 4.78 is 17.5. The smallest absolute Gasteiger partial charge is 0.258 e. The molecule has 0 atom stereocenters. The molecule has 25 heavy (non-hydrogen) atoms. The fourth-order valence-electron chi connectivity index (χ4n) is 3.63. The zero-order valence-electron chi connectivity index (χ0n) is 13.6. The van der Waals surface area contributed by atoms with Gasteiger partial charge in [0.1, 0.15) is 5.75 Å². The van der Waals surface area contributed by atoms with Crippen molar-refractivity contribution in [3.63, 3.8) is 0 Å². The third kappa shape index (κ3) is 1.68. The fraction of sp³-hybridized carbons (Fsp3) is 0.158. The summed E-state index contributed by atoms with van der Waals surface area (Å²) in [5.74, 6) is 1.60. The van der Waals surface area contributed by atoms with Crippen LogP contribution in [0.5, 0.6) is 17.2 Å². The molecule has 0 N–H and O–H groups in total. The summed E-state index contributed by atoms with van der Waals surface area (Å²) in [7, 11) is 3.22. The van der Waals surface area contributed by atoms with Crippen molar-refractivity contribution in [2.75, 3.05) is 13.9 Å². The summed E-state index contributed by atoms with van der Waals surface area (Å²) in [6.45, 7) is 0.135. The molecule has 124 valence electrons. The molecule has 0 unspecified atom stereocenters. The highest BCUT2D eigenvalue weighted by Gasteiger charge is 2.34. The van der Waals surface area contributed by atoms with E-state index >= 15 is 0 Å². The number of carbonyl (C=O) groups excluding carboxylic acids is 1. The lowest BCUT2D eigenvalue weighted by atomic mass is 10.0. The first kappa shape index (κ1) is 14.1. The average molecular weight is 335 g/mol. The van der Waals surface area contributed by atoms with Crippen LogP contribution < -0.4 is 19.8 Å². The molecule has 0 saturated carbocycles. The quantitative estimate of drug-likeness (QED) is 0.535. The van der Waals surface area contributed by atoms with E-state index in [9.17, 15) is 9.59 Å². The molecule has 1 aliphatic carbocycles. The second kappa shape index (κ2) is 4.63. The van der Waals surface area contributed by atoms with Crippen molar-refractivity contribution in [3.05, 3.63) is 51.8 Å². The Bertz CT molecular complexity index is 1160. The molecule has 0 saturated heterocycles. The molecule has 6 heteroatoms. The SMILES string of the molecule is COc1ccc2c3c(n(C)c(=O)c2c1)-c1cc2c(cc1C3=O)OCO2. The van der Waals surface area contributed by atoms with Gasteiger partial charge >= 0.3 is 0 Å². The van der Waals surface area contributed by atoms with Crippen molar-refractivity contribution >= 4 is 16.6 Å². The number of aromatic nitrogens is 1. The third-order valence-corrected chi connectivity index (χ3v) is 4.84. The summed E-state index contributed by atoms with van der Waals surface area (Å²) in [5, 5.41) is 1.09. The third-order valence-electron chi connectivity index (χ3n) is 4.84. The predicted octanol–water partition coefficient (Wildman–Crippen LogP) is 2.49. The van der Waals surface area contributed by atoms with Gasteiger partial charge in [-0.25, -0.2) is 0 Å². The zero-order valence-corrected chi connectivity index (χ0v) is 13.6. The van der Waals surface area contributed by atoms with Crippen molar-refractivity contribution in [2.24, 2.45) is 7.05 Å². The number of ether oxygens (including phenoxy) is 3. The standard InChI is InChI=1S/C19H13NO5/c1-20-17-11-6-14-15(25-8-24-14)7-12(11)18(21)16(17)10-4-3-9(23-2)5-13(10)19(20)22/h3-7H,8H2,1-2H3. The van der Waals surface area contributed by atoms with E-state index in [0.29, 0.717) is 50.4 Å². The first-order chi connectivity index (χ1) is 12.1. The summed E-state index contributed by atoms with van der Waals surface area (Å²) in [6.07, 6.45) is 0. The minimum Gasteiger partial charge on any atom is -0.497 e. The van der Waals surface area contributed by atoms with E-state index in [1.54, 1.807) is 44.5 Å². The minimum absolute atomic E-state index is 0.117. The lowest BCUT2D eigenvalue weighted by Crippen LogP contribution is -2.20. The summed E-state index contributed by atoms with van der Waals surface area (Å²) >= 11 is 0. The number of hydrogen-bond donors (Lipinski definition) is 0. The van der Waals surface area contributed by atoms with Crippen molar-refractivity contribution < 1.29 is 19.0 Å². The second-order valence-corrected chi connectivity index (χ2v) is 6.08. The highest BCUT2D eigenvalue weighted by molar-refractivity contribution is 6.27. The Morgan fingerprint density at radius 1 is 1.00 bits per heavy atom. The number of carbonyl (C=O) groups is 1. The topological polar surface area (TPSA) is 66.8 Å². The molecule has 0 spiro atoms. The maximum absolute atomic E-state index is 13.1. The number of ketones is 1. The molecular weight excluding hydrogens is 322 g/mol. The van der Waals surface area contributed by atoms with E-state index in [4.69, 9.17) is 14.2 Å². The van der Waals surface area contributed by atoms with Crippen LogP contribution in [0.3, 0.4) is 0 Å². The Morgan fingerprint density at radius 2 is 1.72 bits per heavy atom. The van der Waals surface area contributed by atoms with Gasteiger partial charge in [0.2, 0.25) is 6.79 Å². The van der Waals surface area contributed by atoms with Crippen LogP contribution in [0.4, 0.5) is 0 Å². The van der Waals surface area contributed by atoms with Gasteiger partial charge in [-0.2, -0.15) is 0 Å². The lowest BCUT2D eigenvalue weighted by molar-refractivity contribution is 0.104. The number of pyridine rings is 1. The molecule has 1 aliphatic heterocycles. The second-order valence-electron chi connectivity index (χ2n) is 6.08. The maximum Gasteiger partial charge on any atom is 0.258 e. The number of rotatable bonds is 1. The molecule has 3 aromatic rings. The van der Waals surface area contributed by atoms with Crippen LogP contribution in [-0.4, -0.2) is 24.3 Å². The molecule has 0 amide bonds. The number of fused-ring (bicyclic) bond motifs is 6. The molecule has 1 aromatic heterocycles. The van der Waals surface area contributed by atoms with Gasteiger partial charge in [-0.15, -0.1) is 0 Å². The van der Waals surface area contributed by atoms with Crippen LogP contribution in [0.25, 0.3) is 22.0 Å². The molecule has 0 radical (unpaired) electrons. The number of nitrogens with zero attached hydrogens (tertiary/aromatic N) is 1. The van der Waals surface area contributed by atoms with E-state index in [2.05, 4.69) is 0 Å². The number of hydrogen-bond acceptors (Lipinski definition) is 5. The summed E-state index contributed by atoms with van der Waals surface area (Å²) in [6, 6.07) is 8.65. The van der Waals surface area contributed by atoms with Crippen LogP contribution in [0.2, 0.25) is 0 Å². The molecule has 2 aromatic carbocycles. The van der Waals surface area contributed by atoms with Gasteiger partial charge in [0.15, 0.2) is 17.3 Å². The van der Waals surface area contributed by atoms with Gasteiger partial charge in [0.05, 0.1) is 23.8 Å². The van der Waals surface area contributed by atoms with Gasteiger partial charge in [0, 0.05) is 23.6 Å². The van der Waals surface area contributed by atoms with E-state index in [1.807, 2.05) is 0 Å². The van der Waals surface area contributed by atoms with Crippen LogP contribution in [0.15, 0.2) is 35.1 Å². The van der Waals surface area contributed by atoms with E-state index in [-0.39, 0.29) is 18.1 Å². The summed E-state index contributed by atoms with van der Waals surface area (Å²) in [4.78, 5) is 25.9. The van der Waals surface area contributed by atoms with Crippen LogP contribution in [0, 0.1) is 0 Å². The Labute approximate surface area is 142 Å². The van der Waals surface area contributed by atoms with Crippen LogP contribution >= 0.6 is 0 Å². The van der Waals surface area contributed by atoms with Crippen molar-refractivity contribution in [2.45, 2.75) is 0 Å². The fourth-order valence-corrected chi connectivity index (χ4v) is 3.63. The Kier molecular flexibility index (Phi) is 2.61. The molecule has 0 bridgehead atoms. The molecule has 0 fully saturated rings. The Hall–Kier alpha value is -3.28. The van der Waals surface area contributed by atoms with Crippen molar-refractivity contribution in [1.29, 1.82) is 0 Å². The number of benzene rings is 2. The normalized spacial score (nSPS) is 13.9. The average Bonchev–Trinajstić information content (AvgIpc) is 3.20. The first-order valence-corrected chi connectivity index (χ1v) is 7.79. The predicted molar refractivity (Wildman–Crippen MR) is 90.7 cm³/mol. The summed E-state index contributed by atoms with van der Waals surface area (Å²) in [5.41, 5.74) is 2.18. The van der Waals surface area contributed by atoms with E-state index < -0.39 is 0 Å². The first-order valence-electron chi connectivity index (χ1n) is 7.79. The number of methoxy groups -OCH3 is 1. The Balaban J connectivity index is 1.91. The van der Waals surface area contributed by atoms with Crippen LogP contribution in [0.1, 0.15) is 15.9 Å². The van der Waals surface area contributed by atoms with E-state index in [1.165, 1.54) is 4.57 Å². The molecular formula is C19H13NO5. The largest absolute Gasteiger partial charge is 0.497 e. The van der Waals surface area contributed by atoms with Crippen molar-refractivity contribution in [3.8, 4) is 28.5 Å². The highest BCUT2D eigenvalue weighted by Crippen LogP contribution is 2.45. The molecule has 2 heterocycles. The van der Waals surface area contributed by atoms with Gasteiger partial charge < -0.3 is 18.8 Å². The van der Waals surface area contributed by atoms with Gasteiger partial charge in [0.25, 0.3) is 5.56 Å². The lowest BCUT2D eigenvalue weighted by Gasteiger charge is -2.11. The zero-order chi connectivity index (χ0) is 17.3. The maximum atomic E-state index is 13.1. The molecule has 6 nitrogen and oxygen atoms in total. The van der Waals surface area contributed by atoms with Gasteiger partial charge in [-0.3, -0.25) is 9.59 Å². The van der Waals surface area contributed by atoms with Gasteiger partial charge in [-0.05, 0) is 30.3 Å².